The van der Waals surface area contributed by atoms with Crippen molar-refractivity contribution in [2.24, 2.45) is 0 Å². The van der Waals surface area contributed by atoms with Gasteiger partial charge in [-0.3, -0.25) is 5.32 Å². The maximum Gasteiger partial charge on any atom is 0.141 e. The van der Waals surface area contributed by atoms with Crippen LogP contribution in [0.2, 0.25) is 0 Å². The maximum absolute atomic E-state index is 9.31. The molecule has 0 bridgehead atoms. The Morgan fingerprint density at radius 1 is 1.40 bits per heavy atom. The van der Waals surface area contributed by atoms with Crippen LogP contribution in [0.3, 0.4) is 0 Å². The van der Waals surface area contributed by atoms with E-state index in [1.807, 2.05) is 0 Å². The van der Waals surface area contributed by atoms with E-state index >= 15 is 0 Å². The van der Waals surface area contributed by atoms with Gasteiger partial charge in [-0.05, 0) is 19.8 Å². The first-order valence-corrected chi connectivity index (χ1v) is 3.32. The Morgan fingerprint density at radius 2 is 2.00 bits per heavy atom. The SMILES string of the molecule is CC1(O)CCC(O)(CO)N1. The largest absolute Gasteiger partial charge is 0.392 e. The second-order valence-corrected chi connectivity index (χ2v) is 3.09. The van der Waals surface area contributed by atoms with E-state index in [9.17, 15) is 10.2 Å². The van der Waals surface area contributed by atoms with Crippen LogP contribution in [-0.4, -0.2) is 33.4 Å². The summed E-state index contributed by atoms with van der Waals surface area (Å²) in [7, 11) is 0. The number of aliphatic hydroxyl groups excluding tert-OH is 1. The smallest absolute Gasteiger partial charge is 0.141 e. The van der Waals surface area contributed by atoms with E-state index in [2.05, 4.69) is 5.32 Å². The molecule has 2 unspecified atom stereocenters. The Labute approximate surface area is 59.5 Å². The van der Waals surface area contributed by atoms with Gasteiger partial charge in [-0.1, -0.05) is 0 Å². The summed E-state index contributed by atoms with van der Waals surface area (Å²) in [6.45, 7) is 1.21. The summed E-state index contributed by atoms with van der Waals surface area (Å²) in [6, 6.07) is 0. The fraction of sp³-hybridized carbons (Fsp3) is 1.00. The zero-order valence-electron chi connectivity index (χ0n) is 5.96. The van der Waals surface area contributed by atoms with Gasteiger partial charge in [0.2, 0.25) is 0 Å². The average molecular weight is 147 g/mol. The molecule has 0 amide bonds. The van der Waals surface area contributed by atoms with Crippen LogP contribution < -0.4 is 5.32 Å². The number of hydrogen-bond acceptors (Lipinski definition) is 4. The molecule has 2 atom stereocenters. The van der Waals surface area contributed by atoms with Gasteiger partial charge < -0.3 is 15.3 Å². The van der Waals surface area contributed by atoms with Crippen LogP contribution in [0.1, 0.15) is 19.8 Å². The van der Waals surface area contributed by atoms with Crippen LogP contribution >= 0.6 is 0 Å². The van der Waals surface area contributed by atoms with Crippen molar-refractivity contribution in [3.8, 4) is 0 Å². The number of nitrogens with one attached hydrogen (secondary N) is 1. The first kappa shape index (κ1) is 7.94. The second-order valence-electron chi connectivity index (χ2n) is 3.09. The zero-order chi connectivity index (χ0) is 7.83. The lowest BCUT2D eigenvalue weighted by atomic mass is 10.1. The van der Waals surface area contributed by atoms with Gasteiger partial charge in [0.1, 0.15) is 11.4 Å². The summed E-state index contributed by atoms with van der Waals surface area (Å²) in [6.07, 6.45) is 0.848. The van der Waals surface area contributed by atoms with Gasteiger partial charge in [0.05, 0.1) is 6.61 Å². The zero-order valence-corrected chi connectivity index (χ0v) is 5.96. The van der Waals surface area contributed by atoms with Crippen LogP contribution in [0.25, 0.3) is 0 Å². The molecule has 4 nitrogen and oxygen atoms in total. The highest BCUT2D eigenvalue weighted by Crippen LogP contribution is 2.25. The van der Waals surface area contributed by atoms with Crippen molar-refractivity contribution < 1.29 is 15.3 Å². The van der Waals surface area contributed by atoms with E-state index in [1.54, 1.807) is 6.92 Å². The monoisotopic (exact) mass is 147 g/mol. The maximum atomic E-state index is 9.31. The predicted octanol–water partition coefficient (Wildman–Crippen LogP) is -1.24. The van der Waals surface area contributed by atoms with E-state index < -0.39 is 11.4 Å². The van der Waals surface area contributed by atoms with Gasteiger partial charge in [0.25, 0.3) is 0 Å². The molecule has 1 aliphatic heterocycles. The lowest BCUT2D eigenvalue weighted by Crippen LogP contribution is -2.51. The van der Waals surface area contributed by atoms with Crippen LogP contribution in [0, 0.1) is 0 Å². The molecule has 0 aromatic carbocycles. The topological polar surface area (TPSA) is 72.7 Å². The lowest BCUT2D eigenvalue weighted by molar-refractivity contribution is -0.0671. The molecule has 1 heterocycles. The van der Waals surface area contributed by atoms with E-state index in [0.717, 1.165) is 0 Å². The first-order chi connectivity index (χ1) is 4.47. The summed E-state index contributed by atoms with van der Waals surface area (Å²) < 4.78 is 0. The van der Waals surface area contributed by atoms with Gasteiger partial charge >= 0.3 is 0 Å². The van der Waals surface area contributed by atoms with Crippen molar-refractivity contribution >= 4 is 0 Å². The minimum atomic E-state index is -1.27. The Balaban J connectivity index is 2.57. The molecule has 10 heavy (non-hydrogen) atoms. The molecule has 1 fully saturated rings. The molecule has 0 aromatic rings. The van der Waals surface area contributed by atoms with E-state index in [0.29, 0.717) is 12.8 Å². The Hall–Kier alpha value is -0.160. The molecule has 0 spiro atoms. The molecule has 1 saturated heterocycles. The van der Waals surface area contributed by atoms with Crippen molar-refractivity contribution in [3.63, 3.8) is 0 Å². The minimum Gasteiger partial charge on any atom is -0.392 e. The second kappa shape index (κ2) is 2.17. The third-order valence-electron chi connectivity index (χ3n) is 1.79. The number of aliphatic hydroxyl groups is 3. The fourth-order valence-corrected chi connectivity index (χ4v) is 1.20. The normalized spacial score (nSPS) is 48.0. The minimum absolute atomic E-state index is 0.358. The highest BCUT2D eigenvalue weighted by atomic mass is 16.4. The van der Waals surface area contributed by atoms with Crippen molar-refractivity contribution in [1.82, 2.24) is 5.32 Å². The van der Waals surface area contributed by atoms with Gasteiger partial charge in [0, 0.05) is 0 Å². The highest BCUT2D eigenvalue weighted by Gasteiger charge is 2.41. The summed E-state index contributed by atoms with van der Waals surface area (Å²) in [5.41, 5.74) is -2.30. The summed E-state index contributed by atoms with van der Waals surface area (Å²) in [4.78, 5) is 0. The van der Waals surface area contributed by atoms with Crippen LogP contribution in [0.4, 0.5) is 0 Å². The molecule has 4 N–H and O–H groups in total. The van der Waals surface area contributed by atoms with Crippen molar-refractivity contribution in [2.45, 2.75) is 31.2 Å². The van der Waals surface area contributed by atoms with Gasteiger partial charge in [-0.25, -0.2) is 0 Å². The Kier molecular flexibility index (Phi) is 1.72. The quantitative estimate of drug-likeness (QED) is 0.374. The van der Waals surface area contributed by atoms with Crippen molar-refractivity contribution in [2.75, 3.05) is 6.61 Å². The fourth-order valence-electron chi connectivity index (χ4n) is 1.20. The van der Waals surface area contributed by atoms with Crippen molar-refractivity contribution in [3.05, 3.63) is 0 Å². The van der Waals surface area contributed by atoms with Gasteiger partial charge in [-0.2, -0.15) is 0 Å². The van der Waals surface area contributed by atoms with E-state index in [-0.39, 0.29) is 6.61 Å². The third-order valence-corrected chi connectivity index (χ3v) is 1.79. The summed E-state index contributed by atoms with van der Waals surface area (Å²) in [5.74, 6) is 0. The molecule has 0 radical (unpaired) electrons. The molecule has 0 saturated carbocycles. The van der Waals surface area contributed by atoms with Crippen LogP contribution in [-0.2, 0) is 0 Å². The van der Waals surface area contributed by atoms with Crippen LogP contribution in [0.5, 0.6) is 0 Å². The summed E-state index contributed by atoms with van der Waals surface area (Å²) >= 11 is 0. The van der Waals surface area contributed by atoms with Crippen LogP contribution in [0.15, 0.2) is 0 Å². The number of rotatable bonds is 1. The third kappa shape index (κ3) is 1.46. The molecular formula is C6H13NO3. The molecule has 1 rings (SSSR count). The van der Waals surface area contributed by atoms with Gasteiger partial charge in [-0.15, -0.1) is 0 Å². The highest BCUT2D eigenvalue weighted by molar-refractivity contribution is 4.90. The molecular weight excluding hydrogens is 134 g/mol. The standard InChI is InChI=1S/C6H13NO3/c1-5(9)2-3-6(10,4-8)7-5/h7-10H,2-4H2,1H3. The average Bonchev–Trinajstić information content (AvgIpc) is 2.08. The van der Waals surface area contributed by atoms with E-state index in [1.165, 1.54) is 0 Å². The Morgan fingerprint density at radius 3 is 2.20 bits per heavy atom. The van der Waals surface area contributed by atoms with Crippen molar-refractivity contribution in [1.29, 1.82) is 0 Å². The van der Waals surface area contributed by atoms with E-state index in [4.69, 9.17) is 5.11 Å². The predicted molar refractivity (Wildman–Crippen MR) is 35.0 cm³/mol. The summed E-state index contributed by atoms with van der Waals surface area (Å²) in [5, 5.41) is 29.7. The molecule has 60 valence electrons. The molecule has 1 aliphatic rings. The Bertz CT molecular complexity index is 137. The lowest BCUT2D eigenvalue weighted by Gasteiger charge is -2.24. The number of hydrogen-bond donors (Lipinski definition) is 4. The first-order valence-electron chi connectivity index (χ1n) is 3.32. The molecule has 0 aromatic heterocycles. The molecule has 4 heteroatoms. The van der Waals surface area contributed by atoms with Gasteiger partial charge in [0.15, 0.2) is 0 Å². The molecule has 0 aliphatic carbocycles.